The van der Waals surface area contributed by atoms with E-state index in [0.29, 0.717) is 11.6 Å². The summed E-state index contributed by atoms with van der Waals surface area (Å²) in [6.45, 7) is 1.21. The maximum atomic E-state index is 5.96. The Bertz CT molecular complexity index is 313. The smallest absolute Gasteiger partial charge is 0.158 e. The van der Waals surface area contributed by atoms with Crippen LogP contribution in [0.2, 0.25) is 5.02 Å². The summed E-state index contributed by atoms with van der Waals surface area (Å²) in [4.78, 5) is 4.15. The van der Waals surface area contributed by atoms with Gasteiger partial charge >= 0.3 is 0 Å². The van der Waals surface area contributed by atoms with Crippen LogP contribution in [0, 0.1) is 0 Å². The largest absolute Gasteiger partial charge is 0.353 e. The molecule has 2 heterocycles. The molecule has 0 aliphatic carbocycles. The van der Waals surface area contributed by atoms with Crippen molar-refractivity contribution in [2.45, 2.75) is 32.2 Å². The van der Waals surface area contributed by atoms with Crippen molar-refractivity contribution in [3.05, 3.63) is 29.0 Å². The van der Waals surface area contributed by atoms with Gasteiger partial charge in [-0.15, -0.1) is 0 Å². The molecule has 2 rings (SSSR count). The fourth-order valence-corrected chi connectivity index (χ4v) is 1.72. The van der Waals surface area contributed by atoms with Gasteiger partial charge in [-0.3, -0.25) is 4.98 Å². The third-order valence-electron chi connectivity index (χ3n) is 2.38. The normalized spacial score (nSPS) is 21.5. The highest BCUT2D eigenvalue weighted by Gasteiger charge is 2.14. The predicted octanol–water partition coefficient (Wildman–Crippen LogP) is 2.78. The van der Waals surface area contributed by atoms with Crippen molar-refractivity contribution in [2.75, 3.05) is 6.61 Å². The molecule has 0 amide bonds. The Morgan fingerprint density at radius 3 is 3.20 bits per heavy atom. The van der Waals surface area contributed by atoms with Crippen molar-refractivity contribution >= 4 is 11.6 Å². The number of nitrogens with zero attached hydrogens (tertiary/aromatic N) is 1. The molecule has 1 aliphatic heterocycles. The molecule has 1 unspecified atom stereocenters. The third-order valence-corrected chi connectivity index (χ3v) is 2.72. The van der Waals surface area contributed by atoms with Gasteiger partial charge < -0.3 is 9.47 Å². The van der Waals surface area contributed by atoms with Gasteiger partial charge in [-0.2, -0.15) is 0 Å². The van der Waals surface area contributed by atoms with Crippen LogP contribution in [-0.2, 0) is 16.1 Å². The van der Waals surface area contributed by atoms with Gasteiger partial charge in [0.25, 0.3) is 0 Å². The Labute approximate surface area is 94.4 Å². The van der Waals surface area contributed by atoms with Crippen LogP contribution in [0.3, 0.4) is 0 Å². The lowest BCUT2D eigenvalue weighted by molar-refractivity contribution is -0.169. The lowest BCUT2D eigenvalue weighted by Gasteiger charge is -2.22. The van der Waals surface area contributed by atoms with Gasteiger partial charge in [0.2, 0.25) is 0 Å². The Hall–Kier alpha value is -0.640. The maximum Gasteiger partial charge on any atom is 0.158 e. The highest BCUT2D eigenvalue weighted by atomic mass is 35.5. The number of ether oxygens (including phenoxy) is 2. The first-order valence-corrected chi connectivity index (χ1v) is 5.56. The van der Waals surface area contributed by atoms with E-state index in [1.165, 1.54) is 6.42 Å². The molecule has 0 N–H and O–H groups in total. The summed E-state index contributed by atoms with van der Waals surface area (Å²) in [5.74, 6) is 0. The predicted molar refractivity (Wildman–Crippen MR) is 57.6 cm³/mol. The van der Waals surface area contributed by atoms with Gasteiger partial charge in [0.05, 0.1) is 17.3 Å². The van der Waals surface area contributed by atoms with E-state index in [1.807, 2.05) is 12.1 Å². The number of hydrogen-bond donors (Lipinski definition) is 0. The lowest BCUT2D eigenvalue weighted by atomic mass is 10.2. The molecular formula is C11H14ClNO2. The molecule has 0 saturated carbocycles. The molecule has 15 heavy (non-hydrogen) atoms. The van der Waals surface area contributed by atoms with E-state index >= 15 is 0 Å². The highest BCUT2D eigenvalue weighted by Crippen LogP contribution is 2.18. The van der Waals surface area contributed by atoms with E-state index < -0.39 is 0 Å². The summed E-state index contributed by atoms with van der Waals surface area (Å²) in [7, 11) is 0. The molecule has 0 spiro atoms. The molecular weight excluding hydrogens is 214 g/mol. The first kappa shape index (κ1) is 10.9. The lowest BCUT2D eigenvalue weighted by Crippen LogP contribution is -2.22. The summed E-state index contributed by atoms with van der Waals surface area (Å²) >= 11 is 5.96. The standard InChI is InChI=1S/C11H14ClNO2/c12-9-4-3-6-13-10(9)8-15-11-5-1-2-7-14-11/h3-4,6,11H,1-2,5,7-8H2. The zero-order valence-corrected chi connectivity index (χ0v) is 9.24. The summed E-state index contributed by atoms with van der Waals surface area (Å²) < 4.78 is 11.0. The van der Waals surface area contributed by atoms with Crippen LogP contribution in [0.4, 0.5) is 0 Å². The second-order valence-corrected chi connectivity index (χ2v) is 3.95. The van der Waals surface area contributed by atoms with E-state index in [-0.39, 0.29) is 6.29 Å². The number of aromatic nitrogens is 1. The molecule has 1 saturated heterocycles. The number of rotatable bonds is 3. The average molecular weight is 228 g/mol. The van der Waals surface area contributed by atoms with E-state index in [4.69, 9.17) is 21.1 Å². The highest BCUT2D eigenvalue weighted by molar-refractivity contribution is 6.31. The Kier molecular flexibility index (Phi) is 3.94. The van der Waals surface area contributed by atoms with Gasteiger partial charge in [-0.25, -0.2) is 0 Å². The summed E-state index contributed by atoms with van der Waals surface area (Å²) in [6, 6.07) is 3.62. The number of pyridine rings is 1. The molecule has 1 aromatic rings. The first-order valence-electron chi connectivity index (χ1n) is 5.19. The van der Waals surface area contributed by atoms with Crippen molar-refractivity contribution < 1.29 is 9.47 Å². The quantitative estimate of drug-likeness (QED) is 0.796. The Morgan fingerprint density at radius 2 is 2.47 bits per heavy atom. The minimum Gasteiger partial charge on any atom is -0.353 e. The number of hydrogen-bond acceptors (Lipinski definition) is 3. The van der Waals surface area contributed by atoms with Crippen LogP contribution in [0.1, 0.15) is 25.0 Å². The van der Waals surface area contributed by atoms with Crippen LogP contribution in [0.25, 0.3) is 0 Å². The molecule has 4 heteroatoms. The van der Waals surface area contributed by atoms with Crippen molar-refractivity contribution in [2.24, 2.45) is 0 Å². The van der Waals surface area contributed by atoms with E-state index in [2.05, 4.69) is 4.98 Å². The molecule has 0 aromatic carbocycles. The minimum absolute atomic E-state index is 0.0863. The van der Waals surface area contributed by atoms with Crippen LogP contribution >= 0.6 is 11.6 Å². The third kappa shape index (κ3) is 3.16. The maximum absolute atomic E-state index is 5.96. The van der Waals surface area contributed by atoms with Crippen LogP contribution in [-0.4, -0.2) is 17.9 Å². The Morgan fingerprint density at radius 1 is 1.53 bits per heavy atom. The zero-order valence-electron chi connectivity index (χ0n) is 8.49. The van der Waals surface area contributed by atoms with Crippen molar-refractivity contribution in [1.82, 2.24) is 4.98 Å². The fraction of sp³-hybridized carbons (Fsp3) is 0.545. The fourth-order valence-electron chi connectivity index (χ4n) is 1.54. The summed E-state index contributed by atoms with van der Waals surface area (Å²) in [5.41, 5.74) is 0.772. The van der Waals surface area contributed by atoms with E-state index in [0.717, 1.165) is 25.1 Å². The van der Waals surface area contributed by atoms with Gasteiger partial charge in [-0.1, -0.05) is 11.6 Å². The molecule has 1 fully saturated rings. The number of halogens is 1. The molecule has 3 nitrogen and oxygen atoms in total. The average Bonchev–Trinajstić information content (AvgIpc) is 2.29. The molecule has 1 aliphatic rings. The topological polar surface area (TPSA) is 31.4 Å². The van der Waals surface area contributed by atoms with Crippen LogP contribution < -0.4 is 0 Å². The zero-order chi connectivity index (χ0) is 10.5. The van der Waals surface area contributed by atoms with Gasteiger partial charge in [0, 0.05) is 12.8 Å². The SMILES string of the molecule is Clc1cccnc1COC1CCCCO1. The minimum atomic E-state index is -0.0863. The Balaban J connectivity index is 1.84. The monoisotopic (exact) mass is 227 g/mol. The van der Waals surface area contributed by atoms with Crippen molar-refractivity contribution in [1.29, 1.82) is 0 Å². The van der Waals surface area contributed by atoms with E-state index in [1.54, 1.807) is 6.20 Å². The van der Waals surface area contributed by atoms with Crippen molar-refractivity contribution in [3.63, 3.8) is 0 Å². The molecule has 82 valence electrons. The van der Waals surface area contributed by atoms with Crippen LogP contribution in [0.5, 0.6) is 0 Å². The molecule has 1 atom stereocenters. The molecule has 0 radical (unpaired) electrons. The van der Waals surface area contributed by atoms with Gasteiger partial charge in [-0.05, 0) is 31.4 Å². The van der Waals surface area contributed by atoms with Crippen LogP contribution in [0.15, 0.2) is 18.3 Å². The van der Waals surface area contributed by atoms with E-state index in [9.17, 15) is 0 Å². The second kappa shape index (κ2) is 5.45. The summed E-state index contributed by atoms with van der Waals surface area (Å²) in [6.07, 6.45) is 4.89. The van der Waals surface area contributed by atoms with Crippen molar-refractivity contribution in [3.8, 4) is 0 Å². The van der Waals surface area contributed by atoms with Gasteiger partial charge in [0.15, 0.2) is 6.29 Å². The first-order chi connectivity index (χ1) is 7.36. The molecule has 0 bridgehead atoms. The second-order valence-electron chi connectivity index (χ2n) is 3.54. The summed E-state index contributed by atoms with van der Waals surface area (Å²) in [5, 5.41) is 0.647. The molecule has 1 aromatic heterocycles. The van der Waals surface area contributed by atoms with Gasteiger partial charge in [0.1, 0.15) is 0 Å².